The van der Waals surface area contributed by atoms with Gasteiger partial charge in [-0.3, -0.25) is 0 Å². The van der Waals surface area contributed by atoms with Gasteiger partial charge in [0.1, 0.15) is 0 Å². The van der Waals surface area contributed by atoms with Gasteiger partial charge >= 0.3 is 0 Å². The lowest BCUT2D eigenvalue weighted by atomic mass is 9.67. The number of benzene rings is 7. The van der Waals surface area contributed by atoms with E-state index in [2.05, 4.69) is 175 Å². The van der Waals surface area contributed by atoms with E-state index in [1.54, 1.807) is 0 Å². The van der Waals surface area contributed by atoms with Crippen LogP contribution in [-0.2, 0) is 5.41 Å². The minimum atomic E-state index is -0.415. The van der Waals surface area contributed by atoms with Crippen LogP contribution in [0.25, 0.3) is 33.0 Å². The Morgan fingerprint density at radius 1 is 0.381 bits per heavy atom. The Morgan fingerprint density at radius 3 is 1.71 bits per heavy atom. The molecule has 1 aliphatic rings. The molecule has 42 heavy (non-hydrogen) atoms. The summed E-state index contributed by atoms with van der Waals surface area (Å²) in [6, 6.07) is 61.5. The molecule has 0 aromatic heterocycles. The Kier molecular flexibility index (Phi) is 5.75. The molecule has 7 aromatic carbocycles. The maximum atomic E-state index is 3.82. The zero-order valence-electron chi connectivity index (χ0n) is 23.2. The molecule has 8 rings (SSSR count). The molecule has 198 valence electrons. The summed E-state index contributed by atoms with van der Waals surface area (Å²) in [7, 11) is 0. The third-order valence-electron chi connectivity index (χ3n) is 8.74. The second-order valence-electron chi connectivity index (χ2n) is 11.0. The maximum Gasteiger partial charge on any atom is 0.0714 e. The highest BCUT2D eigenvalue weighted by Crippen LogP contribution is 2.56. The summed E-state index contributed by atoms with van der Waals surface area (Å²) in [4.78, 5) is 0. The molecular formula is C41H29N. The van der Waals surface area contributed by atoms with Crippen molar-refractivity contribution in [3.63, 3.8) is 0 Å². The molecule has 1 heteroatoms. The van der Waals surface area contributed by atoms with Crippen LogP contribution >= 0.6 is 0 Å². The summed E-state index contributed by atoms with van der Waals surface area (Å²) >= 11 is 0. The Balaban J connectivity index is 1.30. The minimum absolute atomic E-state index is 0.415. The van der Waals surface area contributed by atoms with Crippen molar-refractivity contribution in [2.75, 3.05) is 5.32 Å². The number of hydrogen-bond donors (Lipinski definition) is 1. The smallest absolute Gasteiger partial charge is 0.0714 e. The van der Waals surface area contributed by atoms with E-state index in [0.29, 0.717) is 0 Å². The standard InChI is InChI=1S/C41H29N/c1-2-16-30(17-3-1)41(38-25-9-6-21-35(38)36-22-7-10-26-39(36)41)31-18-13-19-32(28-31)42-40-27-11-8-23-37(40)34-24-12-15-29-14-4-5-20-33(29)34/h1-28,42H. The molecule has 0 amide bonds. The molecule has 0 heterocycles. The van der Waals surface area contributed by atoms with Gasteiger partial charge in [-0.2, -0.15) is 0 Å². The van der Waals surface area contributed by atoms with Crippen LogP contribution in [0.2, 0.25) is 0 Å². The van der Waals surface area contributed by atoms with E-state index in [9.17, 15) is 0 Å². The summed E-state index contributed by atoms with van der Waals surface area (Å²) in [5.41, 5.74) is 11.9. The van der Waals surface area contributed by atoms with Crippen LogP contribution in [0, 0.1) is 0 Å². The Labute approximate surface area is 246 Å². The second-order valence-corrected chi connectivity index (χ2v) is 11.0. The van der Waals surface area contributed by atoms with Gasteiger partial charge in [-0.15, -0.1) is 0 Å². The monoisotopic (exact) mass is 535 g/mol. The molecule has 1 N–H and O–H groups in total. The predicted octanol–water partition coefficient (Wildman–Crippen LogP) is 10.6. The molecule has 1 aliphatic carbocycles. The number of anilines is 2. The number of hydrogen-bond acceptors (Lipinski definition) is 1. The first-order valence-corrected chi connectivity index (χ1v) is 14.5. The van der Waals surface area contributed by atoms with Crippen molar-refractivity contribution < 1.29 is 0 Å². The molecule has 0 saturated heterocycles. The van der Waals surface area contributed by atoms with Crippen molar-refractivity contribution in [3.8, 4) is 22.3 Å². The van der Waals surface area contributed by atoms with Crippen LogP contribution in [0.5, 0.6) is 0 Å². The lowest BCUT2D eigenvalue weighted by molar-refractivity contribution is 0.769. The van der Waals surface area contributed by atoms with Crippen LogP contribution in [0.15, 0.2) is 170 Å². The molecule has 0 saturated carbocycles. The van der Waals surface area contributed by atoms with Gasteiger partial charge in [0.05, 0.1) is 5.41 Å². The quantitative estimate of drug-likeness (QED) is 0.231. The zero-order chi connectivity index (χ0) is 27.9. The first-order valence-electron chi connectivity index (χ1n) is 14.5. The third kappa shape index (κ3) is 3.71. The van der Waals surface area contributed by atoms with Crippen molar-refractivity contribution in [2.24, 2.45) is 0 Å². The zero-order valence-corrected chi connectivity index (χ0v) is 23.2. The highest BCUT2D eigenvalue weighted by atomic mass is 14.9. The van der Waals surface area contributed by atoms with Crippen molar-refractivity contribution in [3.05, 3.63) is 192 Å². The first-order chi connectivity index (χ1) is 20.8. The minimum Gasteiger partial charge on any atom is -0.355 e. The Bertz CT molecular complexity index is 2020. The van der Waals surface area contributed by atoms with Crippen LogP contribution in [-0.4, -0.2) is 0 Å². The van der Waals surface area contributed by atoms with Gasteiger partial charge in [0, 0.05) is 16.9 Å². The molecule has 0 aliphatic heterocycles. The molecule has 0 radical (unpaired) electrons. The van der Waals surface area contributed by atoms with E-state index in [4.69, 9.17) is 0 Å². The topological polar surface area (TPSA) is 12.0 Å². The SMILES string of the molecule is c1ccc(C2(c3cccc(Nc4ccccc4-c4cccc5ccccc45)c3)c3ccccc3-c3ccccc32)cc1. The van der Waals surface area contributed by atoms with E-state index in [-0.39, 0.29) is 0 Å². The number of para-hydroxylation sites is 1. The molecule has 0 bridgehead atoms. The predicted molar refractivity (Wildman–Crippen MR) is 176 cm³/mol. The Hall–Kier alpha value is -5.40. The van der Waals surface area contributed by atoms with E-state index < -0.39 is 5.41 Å². The van der Waals surface area contributed by atoms with Crippen LogP contribution in [0.1, 0.15) is 22.3 Å². The first kappa shape index (κ1) is 24.4. The molecule has 0 atom stereocenters. The second kappa shape index (κ2) is 9.90. The summed E-state index contributed by atoms with van der Waals surface area (Å²) in [6.45, 7) is 0. The normalized spacial score (nSPS) is 13.0. The van der Waals surface area contributed by atoms with Crippen LogP contribution in [0.4, 0.5) is 11.4 Å². The number of nitrogens with one attached hydrogen (secondary N) is 1. The van der Waals surface area contributed by atoms with Crippen LogP contribution < -0.4 is 5.32 Å². The number of rotatable bonds is 5. The molecular weight excluding hydrogens is 506 g/mol. The van der Waals surface area contributed by atoms with Gasteiger partial charge in [-0.25, -0.2) is 0 Å². The lowest BCUT2D eigenvalue weighted by Crippen LogP contribution is -2.28. The average Bonchev–Trinajstić information content (AvgIpc) is 3.37. The van der Waals surface area contributed by atoms with E-state index in [1.165, 1.54) is 55.3 Å². The molecule has 0 spiro atoms. The van der Waals surface area contributed by atoms with Crippen molar-refractivity contribution >= 4 is 22.1 Å². The van der Waals surface area contributed by atoms with Gasteiger partial charge in [0.15, 0.2) is 0 Å². The number of fused-ring (bicyclic) bond motifs is 4. The fraction of sp³-hybridized carbons (Fsp3) is 0.0244. The van der Waals surface area contributed by atoms with Gasteiger partial charge in [-0.1, -0.05) is 152 Å². The summed E-state index contributed by atoms with van der Waals surface area (Å²) in [6.07, 6.45) is 0. The van der Waals surface area contributed by atoms with Gasteiger partial charge in [-0.05, 0) is 67.9 Å². The summed E-state index contributed by atoms with van der Waals surface area (Å²) < 4.78 is 0. The largest absolute Gasteiger partial charge is 0.355 e. The summed E-state index contributed by atoms with van der Waals surface area (Å²) in [5, 5.41) is 6.32. The van der Waals surface area contributed by atoms with Crippen molar-refractivity contribution in [1.29, 1.82) is 0 Å². The van der Waals surface area contributed by atoms with Gasteiger partial charge < -0.3 is 5.32 Å². The van der Waals surface area contributed by atoms with Crippen molar-refractivity contribution in [2.45, 2.75) is 5.41 Å². The third-order valence-corrected chi connectivity index (χ3v) is 8.74. The van der Waals surface area contributed by atoms with Crippen LogP contribution in [0.3, 0.4) is 0 Å². The van der Waals surface area contributed by atoms with Crippen molar-refractivity contribution in [1.82, 2.24) is 0 Å². The average molecular weight is 536 g/mol. The molecule has 0 fully saturated rings. The highest BCUT2D eigenvalue weighted by Gasteiger charge is 2.45. The lowest BCUT2D eigenvalue weighted by Gasteiger charge is -2.34. The maximum absolute atomic E-state index is 3.82. The Morgan fingerprint density at radius 2 is 0.929 bits per heavy atom. The highest BCUT2D eigenvalue weighted by molar-refractivity contribution is 6.00. The molecule has 0 unspecified atom stereocenters. The molecule has 1 nitrogen and oxygen atoms in total. The van der Waals surface area contributed by atoms with Gasteiger partial charge in [0.2, 0.25) is 0 Å². The van der Waals surface area contributed by atoms with E-state index in [0.717, 1.165) is 11.4 Å². The van der Waals surface area contributed by atoms with Gasteiger partial charge in [0.25, 0.3) is 0 Å². The fourth-order valence-electron chi connectivity index (χ4n) is 6.98. The fourth-order valence-corrected chi connectivity index (χ4v) is 6.98. The van der Waals surface area contributed by atoms with E-state index >= 15 is 0 Å². The van der Waals surface area contributed by atoms with E-state index in [1.807, 2.05) is 0 Å². The summed E-state index contributed by atoms with van der Waals surface area (Å²) in [5.74, 6) is 0. The molecule has 7 aromatic rings.